The molecule has 0 aromatic heterocycles. The van der Waals surface area contributed by atoms with Gasteiger partial charge in [0.1, 0.15) is 0 Å². The van der Waals surface area contributed by atoms with Gasteiger partial charge in [-0.05, 0) is 13.3 Å². The number of nitrogens with zero attached hydrogens (tertiary/aromatic N) is 2. The molecule has 7 heteroatoms. The number of nitriles is 2. The third kappa shape index (κ3) is 179. The van der Waals surface area contributed by atoms with Crippen LogP contribution in [0.1, 0.15) is 41.0 Å². The Balaban J connectivity index is -0.0000000429. The van der Waals surface area contributed by atoms with Gasteiger partial charge in [-0.1, -0.05) is 6.92 Å². The van der Waals surface area contributed by atoms with Gasteiger partial charge in [-0.25, -0.2) is 4.89 Å². The van der Waals surface area contributed by atoms with E-state index in [0.717, 1.165) is 6.42 Å². The van der Waals surface area contributed by atoms with E-state index in [4.69, 9.17) is 15.8 Å². The minimum Gasteiger partial charge on any atom is -0.466 e. The molecule has 0 aliphatic heterocycles. The van der Waals surface area contributed by atoms with E-state index in [2.05, 4.69) is 9.62 Å². The first-order valence-corrected chi connectivity index (χ1v) is 5.03. The Bertz CT molecular complexity index is 198. The summed E-state index contributed by atoms with van der Waals surface area (Å²) in [5.74, 6) is -0.211. The van der Waals surface area contributed by atoms with Crippen molar-refractivity contribution < 1.29 is 41.4 Å². The molecule has 0 saturated heterocycles. The van der Waals surface area contributed by atoms with Crippen LogP contribution in [0.15, 0.2) is 0 Å². The van der Waals surface area contributed by atoms with Crippen LogP contribution in [0, 0.1) is 22.7 Å². The van der Waals surface area contributed by atoms with E-state index in [1.807, 2.05) is 6.92 Å². The van der Waals surface area contributed by atoms with Crippen molar-refractivity contribution in [2.45, 2.75) is 41.0 Å². The smallest absolute Gasteiger partial charge is 0.302 e. The fraction of sp³-hybridized carbons (Fsp3) is 0.727. The summed E-state index contributed by atoms with van der Waals surface area (Å²) in [6, 6.07) is 3.50. The van der Waals surface area contributed by atoms with Crippen LogP contribution in [0.3, 0.4) is 0 Å². The van der Waals surface area contributed by atoms with Gasteiger partial charge in [-0.15, -0.1) is 0 Å². The first kappa shape index (κ1) is 30.3. The van der Waals surface area contributed by atoms with Crippen LogP contribution in [0.4, 0.5) is 0 Å². The summed E-state index contributed by atoms with van der Waals surface area (Å²) in [6.07, 6.45) is 0.872. The van der Waals surface area contributed by atoms with Gasteiger partial charge in [0.2, 0.25) is 0 Å². The third-order valence-corrected chi connectivity index (χ3v) is 0.643. The van der Waals surface area contributed by atoms with Crippen molar-refractivity contribution in [3.8, 4) is 12.1 Å². The number of ether oxygens (including phenoxy) is 1. The normalized spacial score (nSPS) is 5.78. The van der Waals surface area contributed by atoms with Gasteiger partial charge in [0.25, 0.3) is 0 Å². The average molecular weight is 294 g/mol. The zero-order valence-corrected chi connectivity index (χ0v) is 13.2. The second-order valence-electron chi connectivity index (χ2n) is 2.21. The van der Waals surface area contributed by atoms with E-state index < -0.39 is 0 Å². The minimum atomic E-state index is -0.211. The molecule has 0 spiro atoms. The topological polar surface area (TPSA) is 103 Å². The zero-order chi connectivity index (χ0) is 14.5. The summed E-state index contributed by atoms with van der Waals surface area (Å²) >= 11 is 0. The Hall–Kier alpha value is -0.916. The number of rotatable bonds is 3. The van der Waals surface area contributed by atoms with Crippen LogP contribution in [0.2, 0.25) is 0 Å². The largest absolute Gasteiger partial charge is 0.466 e. The number of esters is 1. The molecule has 0 saturated carbocycles. The van der Waals surface area contributed by atoms with Crippen LogP contribution in [0.25, 0.3) is 0 Å². The van der Waals surface area contributed by atoms with Gasteiger partial charge < -0.3 is 4.74 Å². The van der Waals surface area contributed by atoms with E-state index >= 15 is 0 Å². The quantitative estimate of drug-likeness (QED) is 0.371. The predicted molar refractivity (Wildman–Crippen MR) is 63.8 cm³/mol. The number of carbonyl (C=O) groups is 1. The Labute approximate surface area is 124 Å². The van der Waals surface area contributed by atoms with Crippen molar-refractivity contribution in [1.29, 1.82) is 10.5 Å². The van der Waals surface area contributed by atoms with Crippen molar-refractivity contribution in [2.24, 2.45) is 0 Å². The summed E-state index contributed by atoms with van der Waals surface area (Å²) in [5.41, 5.74) is 0. The SMILES string of the molecule is CC#N.CC#N.CCCOO.CCOC(C)=O.[Ti]. The van der Waals surface area contributed by atoms with Crippen molar-refractivity contribution in [3.05, 3.63) is 0 Å². The molecule has 0 radical (unpaired) electrons. The molecule has 0 aliphatic carbocycles. The van der Waals surface area contributed by atoms with Gasteiger partial charge in [0.15, 0.2) is 0 Å². The molecule has 18 heavy (non-hydrogen) atoms. The van der Waals surface area contributed by atoms with Gasteiger partial charge in [-0.2, -0.15) is 10.5 Å². The molecule has 0 heterocycles. The molecular weight excluding hydrogens is 272 g/mol. The number of carbonyl (C=O) groups excluding carboxylic acids is 1. The maximum Gasteiger partial charge on any atom is 0.302 e. The molecule has 0 rings (SSSR count). The summed E-state index contributed by atoms with van der Waals surface area (Å²) in [7, 11) is 0. The van der Waals surface area contributed by atoms with E-state index in [1.165, 1.54) is 20.8 Å². The molecular formula is C11H22N2O4Ti. The average Bonchev–Trinajstić information content (AvgIpc) is 2.21. The zero-order valence-electron chi connectivity index (χ0n) is 11.7. The van der Waals surface area contributed by atoms with Crippen molar-refractivity contribution in [2.75, 3.05) is 13.2 Å². The first-order valence-electron chi connectivity index (χ1n) is 5.03. The molecule has 1 N–H and O–H groups in total. The van der Waals surface area contributed by atoms with Gasteiger partial charge in [0, 0.05) is 42.5 Å². The van der Waals surface area contributed by atoms with Crippen LogP contribution >= 0.6 is 0 Å². The molecule has 6 nitrogen and oxygen atoms in total. The molecule has 0 amide bonds. The second kappa shape index (κ2) is 44.3. The standard InChI is InChI=1S/C4H8O2.C3H8O2.2C2H3N.Ti/c1-3-6-4(2)5;1-2-3-5-4;2*1-2-3;/h3H2,1-2H3;4H,2-3H2,1H3;2*1H3;. The molecule has 0 bridgehead atoms. The van der Waals surface area contributed by atoms with Crippen LogP contribution in [0.5, 0.6) is 0 Å². The Kier molecular flexibility index (Phi) is 74.6. The molecule has 0 aromatic rings. The summed E-state index contributed by atoms with van der Waals surface area (Å²) in [4.78, 5) is 13.5. The van der Waals surface area contributed by atoms with E-state index in [9.17, 15) is 4.79 Å². The van der Waals surface area contributed by atoms with Gasteiger partial charge in [0.05, 0.1) is 25.4 Å². The summed E-state index contributed by atoms with van der Waals surface area (Å²) < 4.78 is 4.40. The summed E-state index contributed by atoms with van der Waals surface area (Å²) in [6.45, 7) is 8.89. The monoisotopic (exact) mass is 294 g/mol. The van der Waals surface area contributed by atoms with E-state index in [0.29, 0.717) is 13.2 Å². The number of hydrogen-bond donors (Lipinski definition) is 1. The minimum absolute atomic E-state index is 0. The Morgan fingerprint density at radius 3 is 1.56 bits per heavy atom. The predicted octanol–water partition coefficient (Wildman–Crippen LogP) is 2.51. The Morgan fingerprint density at radius 1 is 1.22 bits per heavy atom. The Morgan fingerprint density at radius 2 is 1.56 bits per heavy atom. The van der Waals surface area contributed by atoms with Crippen LogP contribution in [-0.4, -0.2) is 24.4 Å². The van der Waals surface area contributed by atoms with Crippen molar-refractivity contribution in [3.63, 3.8) is 0 Å². The molecule has 0 fully saturated rings. The molecule has 0 atom stereocenters. The van der Waals surface area contributed by atoms with E-state index in [1.54, 1.807) is 19.1 Å². The number of hydrogen-bond acceptors (Lipinski definition) is 6. The fourth-order valence-electron chi connectivity index (χ4n) is 0.295. The first-order chi connectivity index (χ1) is 8.01. The maximum atomic E-state index is 9.82. The van der Waals surface area contributed by atoms with Crippen LogP contribution in [-0.2, 0) is 36.1 Å². The van der Waals surface area contributed by atoms with Crippen molar-refractivity contribution >= 4 is 5.97 Å². The molecule has 0 aromatic carbocycles. The van der Waals surface area contributed by atoms with Crippen molar-refractivity contribution in [1.82, 2.24) is 0 Å². The molecule has 0 aliphatic rings. The maximum absolute atomic E-state index is 9.82. The molecule has 104 valence electrons. The summed E-state index contributed by atoms with van der Waals surface area (Å²) in [5, 5.41) is 22.2. The fourth-order valence-corrected chi connectivity index (χ4v) is 0.295. The molecule has 0 unspecified atom stereocenters. The van der Waals surface area contributed by atoms with Crippen LogP contribution < -0.4 is 0 Å². The van der Waals surface area contributed by atoms with Gasteiger partial charge in [-0.3, -0.25) is 10.1 Å². The third-order valence-electron chi connectivity index (χ3n) is 0.643. The van der Waals surface area contributed by atoms with Gasteiger partial charge >= 0.3 is 5.97 Å². The second-order valence-corrected chi connectivity index (χ2v) is 2.21. The van der Waals surface area contributed by atoms with E-state index in [-0.39, 0.29) is 27.7 Å².